The number of imidazole rings is 1. The molecule has 0 aliphatic heterocycles. The smallest absolute Gasteiger partial charge is 0.150 e. The van der Waals surface area contributed by atoms with Crippen LogP contribution in [0.4, 0.5) is 5.82 Å². The molecule has 0 radical (unpaired) electrons. The maximum absolute atomic E-state index is 5.95. The summed E-state index contributed by atoms with van der Waals surface area (Å²) in [6.07, 6.45) is 0. The minimum absolute atomic E-state index is 0.489. The molecule has 0 bridgehead atoms. The maximum atomic E-state index is 5.95. The number of hydrogen-bond donors (Lipinski definition) is 2. The Morgan fingerprint density at radius 3 is 2.44 bits per heavy atom. The lowest BCUT2D eigenvalue weighted by atomic mass is 10.1. The van der Waals surface area contributed by atoms with Crippen molar-refractivity contribution in [1.29, 1.82) is 0 Å². The molecule has 18 heavy (non-hydrogen) atoms. The molecule has 0 saturated carbocycles. The van der Waals surface area contributed by atoms with Crippen molar-refractivity contribution in [3.63, 3.8) is 0 Å². The molecule has 1 aromatic heterocycles. The predicted molar refractivity (Wildman–Crippen MR) is 74.5 cm³/mol. The lowest BCUT2D eigenvalue weighted by Crippen LogP contribution is -2.13. The van der Waals surface area contributed by atoms with E-state index in [0.717, 1.165) is 11.3 Å². The summed E-state index contributed by atoms with van der Waals surface area (Å²) in [5.41, 5.74) is 7.68. The van der Waals surface area contributed by atoms with Crippen LogP contribution in [0, 0.1) is 6.92 Å². The number of nitrogen functional groups attached to an aromatic ring is 2. The van der Waals surface area contributed by atoms with Gasteiger partial charge in [0.15, 0.2) is 5.82 Å². The molecule has 4 N–H and O–H groups in total. The number of nitrogens with two attached hydrogens (primary N) is 2. The Kier molecular flexibility index (Phi) is 2.23. The number of aryl methyl sites for hydroxylation is 1. The van der Waals surface area contributed by atoms with Crippen molar-refractivity contribution in [2.75, 3.05) is 11.6 Å². The number of aromatic nitrogens is 2. The highest BCUT2D eigenvalue weighted by Crippen LogP contribution is 2.27. The molecule has 2 aromatic carbocycles. The zero-order valence-corrected chi connectivity index (χ0v) is 10.1. The van der Waals surface area contributed by atoms with E-state index in [9.17, 15) is 0 Å². The van der Waals surface area contributed by atoms with Gasteiger partial charge in [0, 0.05) is 5.56 Å². The molecule has 0 aliphatic carbocycles. The van der Waals surface area contributed by atoms with Crippen LogP contribution in [0.2, 0.25) is 0 Å². The first kappa shape index (κ1) is 10.7. The average Bonchev–Trinajstić information content (AvgIpc) is 2.66. The van der Waals surface area contributed by atoms with Crippen LogP contribution < -0.4 is 11.6 Å². The highest BCUT2D eigenvalue weighted by Gasteiger charge is 2.11. The van der Waals surface area contributed by atoms with E-state index < -0.39 is 0 Å². The first-order valence-corrected chi connectivity index (χ1v) is 5.76. The fraction of sp³-hybridized carbons (Fsp3) is 0.0714. The van der Waals surface area contributed by atoms with Crippen molar-refractivity contribution >= 4 is 16.6 Å². The minimum Gasteiger partial charge on any atom is -0.382 e. The van der Waals surface area contributed by atoms with Gasteiger partial charge in [-0.2, -0.15) is 0 Å². The summed E-state index contributed by atoms with van der Waals surface area (Å²) in [5.74, 6) is 6.97. The third kappa shape index (κ3) is 1.50. The summed E-state index contributed by atoms with van der Waals surface area (Å²) < 4.78 is 1.41. The van der Waals surface area contributed by atoms with Gasteiger partial charge < -0.3 is 11.6 Å². The second kappa shape index (κ2) is 3.77. The Bertz CT molecular complexity index is 728. The van der Waals surface area contributed by atoms with Gasteiger partial charge in [-0.05, 0) is 23.8 Å². The topological polar surface area (TPSA) is 69.9 Å². The molecule has 90 valence electrons. The van der Waals surface area contributed by atoms with Crippen LogP contribution in [0.15, 0.2) is 42.5 Å². The number of benzene rings is 2. The highest BCUT2D eigenvalue weighted by molar-refractivity contribution is 5.88. The Hall–Kier alpha value is -2.49. The van der Waals surface area contributed by atoms with E-state index in [0.29, 0.717) is 11.6 Å². The standard InChI is InChI=1S/C14H14N4/c1-9-17-13(14(15)18(9)16)12-7-6-10-4-2-3-5-11(10)8-12/h2-8H,15-16H2,1H3. The van der Waals surface area contributed by atoms with Gasteiger partial charge >= 0.3 is 0 Å². The Morgan fingerprint density at radius 2 is 1.78 bits per heavy atom. The van der Waals surface area contributed by atoms with E-state index in [1.54, 1.807) is 0 Å². The number of nitrogens with zero attached hydrogens (tertiary/aromatic N) is 2. The van der Waals surface area contributed by atoms with E-state index in [1.165, 1.54) is 15.4 Å². The first-order chi connectivity index (χ1) is 8.66. The van der Waals surface area contributed by atoms with Crippen molar-refractivity contribution < 1.29 is 0 Å². The summed E-state index contributed by atoms with van der Waals surface area (Å²) in [7, 11) is 0. The summed E-state index contributed by atoms with van der Waals surface area (Å²) in [5, 5.41) is 2.36. The second-order valence-corrected chi connectivity index (χ2v) is 4.32. The third-order valence-electron chi connectivity index (χ3n) is 3.15. The first-order valence-electron chi connectivity index (χ1n) is 5.76. The molecule has 0 aliphatic rings. The van der Waals surface area contributed by atoms with Gasteiger partial charge in [-0.15, -0.1) is 0 Å². The summed E-state index contributed by atoms with van der Waals surface area (Å²) in [4.78, 5) is 4.40. The number of anilines is 1. The van der Waals surface area contributed by atoms with E-state index in [1.807, 2.05) is 25.1 Å². The second-order valence-electron chi connectivity index (χ2n) is 4.32. The van der Waals surface area contributed by atoms with E-state index in [4.69, 9.17) is 11.6 Å². The maximum Gasteiger partial charge on any atom is 0.150 e. The number of rotatable bonds is 1. The van der Waals surface area contributed by atoms with Gasteiger partial charge in [0.25, 0.3) is 0 Å². The Morgan fingerprint density at radius 1 is 1.06 bits per heavy atom. The molecule has 0 atom stereocenters. The molecule has 3 aromatic rings. The molecule has 0 fully saturated rings. The van der Waals surface area contributed by atoms with Gasteiger partial charge in [0.1, 0.15) is 11.5 Å². The van der Waals surface area contributed by atoms with Gasteiger partial charge in [-0.1, -0.05) is 36.4 Å². The molecule has 1 heterocycles. The predicted octanol–water partition coefficient (Wildman–Crippen LogP) is 2.31. The van der Waals surface area contributed by atoms with Crippen molar-refractivity contribution in [2.45, 2.75) is 6.92 Å². The van der Waals surface area contributed by atoms with Crippen molar-refractivity contribution in [2.24, 2.45) is 0 Å². The van der Waals surface area contributed by atoms with E-state index >= 15 is 0 Å². The largest absolute Gasteiger partial charge is 0.382 e. The van der Waals surface area contributed by atoms with Gasteiger partial charge in [-0.25, -0.2) is 9.66 Å². The van der Waals surface area contributed by atoms with Crippen LogP contribution in [0.25, 0.3) is 22.0 Å². The lowest BCUT2D eigenvalue weighted by Gasteiger charge is -2.02. The molecular weight excluding hydrogens is 224 g/mol. The zero-order valence-electron chi connectivity index (χ0n) is 10.1. The molecule has 0 spiro atoms. The fourth-order valence-electron chi connectivity index (χ4n) is 2.11. The van der Waals surface area contributed by atoms with Gasteiger partial charge in [0.2, 0.25) is 0 Å². The normalized spacial score (nSPS) is 10.9. The molecular formula is C14H14N4. The summed E-state index contributed by atoms with van der Waals surface area (Å²) in [6.45, 7) is 1.83. The molecule has 4 nitrogen and oxygen atoms in total. The summed E-state index contributed by atoms with van der Waals surface area (Å²) in [6, 6.07) is 14.3. The van der Waals surface area contributed by atoms with Crippen LogP contribution in [-0.4, -0.2) is 9.66 Å². The van der Waals surface area contributed by atoms with E-state index in [-0.39, 0.29) is 0 Å². The molecule has 4 heteroatoms. The number of hydrogen-bond acceptors (Lipinski definition) is 3. The van der Waals surface area contributed by atoms with Crippen LogP contribution in [0.5, 0.6) is 0 Å². The minimum atomic E-state index is 0.489. The van der Waals surface area contributed by atoms with Crippen molar-refractivity contribution in [1.82, 2.24) is 9.66 Å². The Labute approximate surface area is 105 Å². The summed E-state index contributed by atoms with van der Waals surface area (Å²) >= 11 is 0. The Balaban J connectivity index is 2.22. The highest BCUT2D eigenvalue weighted by atomic mass is 15.4. The number of fused-ring (bicyclic) bond motifs is 1. The van der Waals surface area contributed by atoms with E-state index in [2.05, 4.69) is 29.2 Å². The zero-order chi connectivity index (χ0) is 12.7. The van der Waals surface area contributed by atoms with Crippen LogP contribution in [-0.2, 0) is 0 Å². The quantitative estimate of drug-likeness (QED) is 0.639. The third-order valence-corrected chi connectivity index (χ3v) is 3.15. The van der Waals surface area contributed by atoms with Crippen LogP contribution in [0.1, 0.15) is 5.82 Å². The van der Waals surface area contributed by atoms with Gasteiger partial charge in [-0.3, -0.25) is 0 Å². The van der Waals surface area contributed by atoms with Crippen molar-refractivity contribution in [3.8, 4) is 11.3 Å². The monoisotopic (exact) mass is 238 g/mol. The average molecular weight is 238 g/mol. The van der Waals surface area contributed by atoms with Crippen LogP contribution >= 0.6 is 0 Å². The molecule has 0 amide bonds. The SMILES string of the molecule is Cc1nc(-c2ccc3ccccc3c2)c(N)n1N. The van der Waals surface area contributed by atoms with Gasteiger partial charge in [0.05, 0.1) is 0 Å². The molecule has 3 rings (SSSR count). The lowest BCUT2D eigenvalue weighted by molar-refractivity contribution is 0.937. The van der Waals surface area contributed by atoms with Crippen LogP contribution in [0.3, 0.4) is 0 Å². The molecule has 0 saturated heterocycles. The van der Waals surface area contributed by atoms with Crippen molar-refractivity contribution in [3.05, 3.63) is 48.3 Å². The molecule has 0 unspecified atom stereocenters. The fourth-order valence-corrected chi connectivity index (χ4v) is 2.11.